The molecule has 0 amide bonds. The Kier molecular flexibility index (Phi) is 16.0. The Morgan fingerprint density at radius 3 is 2.36 bits per heavy atom. The van der Waals surface area contributed by atoms with Gasteiger partial charge < -0.3 is 58.3 Å². The predicted octanol–water partition coefficient (Wildman–Crippen LogP) is 4.08. The summed E-state index contributed by atoms with van der Waals surface area (Å²) in [5.74, 6) is 0.672. The molecule has 0 radical (unpaired) electrons. The number of pyridine rings is 1. The summed E-state index contributed by atoms with van der Waals surface area (Å²) in [6, 6.07) is 8.20. The SMILES string of the molecule is CC[C@@H]1OC(=O)[C@H](C)C(=O)[C@H](OC2CC(C)(OC)[C@@H](O)[C@H](C)O2)[C@@H](O[C@@H]2O[C@H](C)C[C@H](N(C)C)[C@H]2O)[C@@](C)(OCC#Cc2ccc(-c3ccccn3)s2)C[C@@H](C)C(=O)C2(C)CNC3C(=O)O[C@@]1(C)C32. The van der Waals surface area contributed by atoms with Crippen LogP contribution in [0.4, 0.5) is 0 Å². The topological polar surface area (TPSA) is 211 Å². The van der Waals surface area contributed by atoms with Gasteiger partial charge in [-0.1, -0.05) is 38.7 Å². The van der Waals surface area contributed by atoms with E-state index in [9.17, 15) is 19.8 Å². The molecule has 0 aromatic carbocycles. The molecular formula is C51H71N3O14S. The van der Waals surface area contributed by atoms with E-state index in [1.807, 2.05) is 56.3 Å². The minimum atomic E-state index is -1.74. The standard InChI is InChI=1S/C51H71N3O14S/c1-13-35-51(9)41-37(46(60)68-51)53-26-48(41,6)42(57)27(2)24-50(8,62-22-16-17-31-19-20-34(69-31)32-18-14-15-21-52-32)44(67-47-39(56)33(54(10)11)23-28(3)63-47)40(38(55)29(4)45(59)65-35)66-36-25-49(7,61-12)43(58)30(5)64-36/h14-15,18-21,27-30,33,35-37,39-41,43-44,47,53,56,58H,13,22-26H2,1-12H3/t27-,28-,29-,30+,33+,35+,36?,37?,39-,40+,41?,43+,44-,47+,48?,49?,50+,51-/m1/s1. The highest BCUT2D eigenvalue weighted by molar-refractivity contribution is 7.16. The number of nitrogens with one attached hydrogen (secondary N) is 1. The molecule has 2 aromatic heterocycles. The number of aliphatic hydroxyl groups is 2. The van der Waals surface area contributed by atoms with Gasteiger partial charge in [0, 0.05) is 49.6 Å². The van der Waals surface area contributed by atoms with Crippen molar-refractivity contribution in [3.63, 3.8) is 0 Å². The molecule has 5 aliphatic heterocycles. The van der Waals surface area contributed by atoms with Crippen LogP contribution in [0.1, 0.15) is 92.9 Å². The van der Waals surface area contributed by atoms with Crippen LogP contribution in [-0.4, -0.2) is 162 Å². The molecule has 5 saturated heterocycles. The molecular weight excluding hydrogens is 911 g/mol. The van der Waals surface area contributed by atoms with Crippen molar-refractivity contribution in [3.05, 3.63) is 41.4 Å². The fourth-order valence-corrected chi connectivity index (χ4v) is 12.3. The van der Waals surface area contributed by atoms with Gasteiger partial charge >= 0.3 is 11.9 Å². The summed E-state index contributed by atoms with van der Waals surface area (Å²) < 4.78 is 51.4. The fraction of sp³-hybridized carbons (Fsp3) is 0.706. The molecule has 18 heteroatoms. The normalized spacial score (nSPS) is 42.0. The number of methoxy groups -OCH3 is 1. The van der Waals surface area contributed by atoms with Crippen molar-refractivity contribution in [2.24, 2.45) is 23.2 Å². The number of hydrogen-bond acceptors (Lipinski definition) is 18. The van der Waals surface area contributed by atoms with E-state index in [4.69, 9.17) is 37.9 Å². The van der Waals surface area contributed by atoms with E-state index in [0.717, 1.165) is 15.4 Å². The molecule has 5 unspecified atom stereocenters. The maximum Gasteiger partial charge on any atom is 0.324 e. The molecule has 380 valence electrons. The Morgan fingerprint density at radius 2 is 1.70 bits per heavy atom. The minimum absolute atomic E-state index is 0.0542. The lowest BCUT2D eigenvalue weighted by molar-refractivity contribution is -0.328. The third kappa shape index (κ3) is 10.3. The van der Waals surface area contributed by atoms with Crippen LogP contribution >= 0.6 is 11.3 Å². The van der Waals surface area contributed by atoms with E-state index in [1.165, 1.54) is 25.4 Å². The molecule has 5 fully saturated rings. The van der Waals surface area contributed by atoms with E-state index in [0.29, 0.717) is 6.42 Å². The van der Waals surface area contributed by atoms with Crippen molar-refractivity contribution in [1.29, 1.82) is 0 Å². The van der Waals surface area contributed by atoms with Crippen molar-refractivity contribution in [2.75, 3.05) is 34.4 Å². The Balaban J connectivity index is 1.38. The van der Waals surface area contributed by atoms with E-state index in [2.05, 4.69) is 22.1 Å². The summed E-state index contributed by atoms with van der Waals surface area (Å²) in [6.07, 6.45) is -8.29. The van der Waals surface area contributed by atoms with Crippen molar-refractivity contribution in [3.8, 4) is 22.4 Å². The van der Waals surface area contributed by atoms with Gasteiger partial charge in [0.25, 0.3) is 0 Å². The van der Waals surface area contributed by atoms with Crippen LogP contribution < -0.4 is 5.32 Å². The first kappa shape index (κ1) is 53.1. The molecule has 0 saturated carbocycles. The van der Waals surface area contributed by atoms with Crippen molar-refractivity contribution in [2.45, 2.75) is 172 Å². The van der Waals surface area contributed by atoms with Gasteiger partial charge in [-0.05, 0) is 99.2 Å². The van der Waals surface area contributed by atoms with Gasteiger partial charge in [-0.2, -0.15) is 0 Å². The summed E-state index contributed by atoms with van der Waals surface area (Å²) in [4.78, 5) is 67.1. The summed E-state index contributed by atoms with van der Waals surface area (Å²) in [5, 5.41) is 26.5. The number of aromatic nitrogens is 1. The lowest BCUT2D eigenvalue weighted by Crippen LogP contribution is -2.63. The molecule has 69 heavy (non-hydrogen) atoms. The van der Waals surface area contributed by atoms with E-state index >= 15 is 9.59 Å². The van der Waals surface area contributed by atoms with Crippen LogP contribution in [0.3, 0.4) is 0 Å². The average Bonchev–Trinajstić information content (AvgIpc) is 4.02. The fourth-order valence-electron chi connectivity index (χ4n) is 11.4. The predicted molar refractivity (Wildman–Crippen MR) is 252 cm³/mol. The van der Waals surface area contributed by atoms with Crippen LogP contribution in [0, 0.1) is 35.0 Å². The zero-order valence-corrected chi connectivity index (χ0v) is 42.7. The molecule has 5 aliphatic rings. The number of carbonyl (C=O) groups excluding carboxylic acids is 4. The number of thiophene rings is 1. The summed E-state index contributed by atoms with van der Waals surface area (Å²) in [6.45, 7) is 15.3. The van der Waals surface area contributed by atoms with Crippen LogP contribution in [0.2, 0.25) is 0 Å². The van der Waals surface area contributed by atoms with Gasteiger partial charge in [-0.15, -0.1) is 11.3 Å². The molecule has 2 aromatic rings. The monoisotopic (exact) mass is 981 g/mol. The maximum atomic E-state index is 15.5. The quantitative estimate of drug-likeness (QED) is 0.174. The van der Waals surface area contributed by atoms with Crippen LogP contribution in [0.25, 0.3) is 10.6 Å². The van der Waals surface area contributed by atoms with E-state index < -0.39 is 125 Å². The first-order valence-corrected chi connectivity index (χ1v) is 24.9. The number of rotatable bonds is 10. The summed E-state index contributed by atoms with van der Waals surface area (Å²) in [5.41, 5.74) is -4.76. The first-order valence-electron chi connectivity index (χ1n) is 24.1. The largest absolute Gasteiger partial charge is 0.458 e. The first-order chi connectivity index (χ1) is 32.5. The third-order valence-electron chi connectivity index (χ3n) is 15.4. The summed E-state index contributed by atoms with van der Waals surface area (Å²) >= 11 is 1.46. The van der Waals surface area contributed by atoms with Gasteiger partial charge in [0.05, 0.1) is 38.9 Å². The Bertz CT molecular complexity index is 2250. The Hall–Kier alpha value is -3.71. The van der Waals surface area contributed by atoms with Crippen molar-refractivity contribution < 1.29 is 67.3 Å². The van der Waals surface area contributed by atoms with Gasteiger partial charge in [-0.3, -0.25) is 24.2 Å². The third-order valence-corrected chi connectivity index (χ3v) is 16.4. The molecule has 7 heterocycles. The number of nitrogens with zero attached hydrogens (tertiary/aromatic N) is 2. The number of ether oxygens (including phenoxy) is 8. The number of hydrogen-bond donors (Lipinski definition) is 3. The zero-order chi connectivity index (χ0) is 50.4. The Morgan fingerprint density at radius 1 is 0.957 bits per heavy atom. The van der Waals surface area contributed by atoms with Crippen molar-refractivity contribution >= 4 is 34.8 Å². The molecule has 7 rings (SSSR count). The highest BCUT2D eigenvalue weighted by atomic mass is 32.1. The molecule has 0 bridgehead atoms. The van der Waals surface area contributed by atoms with E-state index in [-0.39, 0.29) is 38.2 Å². The lowest BCUT2D eigenvalue weighted by Gasteiger charge is -2.49. The number of cyclic esters (lactones) is 1. The average molecular weight is 982 g/mol. The highest BCUT2D eigenvalue weighted by Crippen LogP contribution is 2.53. The van der Waals surface area contributed by atoms with Crippen LogP contribution in [0.15, 0.2) is 36.5 Å². The molecule has 0 spiro atoms. The van der Waals surface area contributed by atoms with Gasteiger partial charge in [0.1, 0.15) is 54.9 Å². The van der Waals surface area contributed by atoms with Gasteiger partial charge in [0.15, 0.2) is 24.0 Å². The second kappa shape index (κ2) is 20.8. The van der Waals surface area contributed by atoms with Gasteiger partial charge in [0.2, 0.25) is 0 Å². The second-order valence-electron chi connectivity index (χ2n) is 20.7. The van der Waals surface area contributed by atoms with E-state index in [1.54, 1.807) is 54.7 Å². The number of carbonyl (C=O) groups is 4. The van der Waals surface area contributed by atoms with Crippen LogP contribution in [-0.2, 0) is 57.1 Å². The number of likely N-dealkylation sites (N-methyl/N-ethyl adjacent to an activating group) is 1. The summed E-state index contributed by atoms with van der Waals surface area (Å²) in [7, 11) is 5.13. The zero-order valence-electron chi connectivity index (χ0n) is 41.9. The van der Waals surface area contributed by atoms with Crippen molar-refractivity contribution in [1.82, 2.24) is 15.2 Å². The smallest absolute Gasteiger partial charge is 0.324 e. The minimum Gasteiger partial charge on any atom is -0.458 e. The highest BCUT2D eigenvalue weighted by Gasteiger charge is 2.69. The van der Waals surface area contributed by atoms with Gasteiger partial charge in [-0.25, -0.2) is 0 Å². The lowest BCUT2D eigenvalue weighted by atomic mass is 9.62. The number of esters is 2. The molecule has 18 atom stereocenters. The number of aliphatic hydroxyl groups excluding tert-OH is 2. The Labute approximate surface area is 409 Å². The maximum absolute atomic E-state index is 15.5. The molecule has 0 aliphatic carbocycles. The number of Topliss-reactive ketones (excluding diaryl/α,β-unsaturated/α-hetero) is 2. The number of ketones is 2. The van der Waals surface area contributed by atoms with Crippen LogP contribution in [0.5, 0.6) is 0 Å². The molecule has 3 N–H and O–H groups in total. The second-order valence-corrected chi connectivity index (χ2v) is 21.8. The molecule has 17 nitrogen and oxygen atoms in total.